The molecule has 2 heterocycles. The standard InChI is InChI=1S/C20H27FN4O3/c1-14(2)17-11-20(28-23-17)22-19(26)13-25-8-6-24(7-9-25)12-15-4-5-18(27-3)16(21)10-15/h4-5,10-11,14H,6-9,12-13H2,1-3H3,(H,22,26). The number of methoxy groups -OCH3 is 1. The first-order chi connectivity index (χ1) is 13.4. The summed E-state index contributed by atoms with van der Waals surface area (Å²) in [5.41, 5.74) is 1.73. The average molecular weight is 390 g/mol. The summed E-state index contributed by atoms with van der Waals surface area (Å²) in [5.74, 6) is 0.433. The van der Waals surface area contributed by atoms with Crippen LogP contribution in [0.25, 0.3) is 0 Å². The van der Waals surface area contributed by atoms with Gasteiger partial charge in [-0.3, -0.25) is 19.9 Å². The van der Waals surface area contributed by atoms with Crippen LogP contribution in [-0.2, 0) is 11.3 Å². The molecule has 0 atom stereocenters. The summed E-state index contributed by atoms with van der Waals surface area (Å²) in [4.78, 5) is 16.6. The molecule has 1 fully saturated rings. The number of anilines is 1. The van der Waals surface area contributed by atoms with E-state index in [0.717, 1.165) is 37.4 Å². The topological polar surface area (TPSA) is 70.8 Å². The number of nitrogens with one attached hydrogen (secondary N) is 1. The molecule has 1 aromatic heterocycles. The van der Waals surface area contributed by atoms with Crippen LogP contribution in [0.3, 0.4) is 0 Å². The van der Waals surface area contributed by atoms with E-state index in [9.17, 15) is 9.18 Å². The predicted octanol–water partition coefficient (Wildman–Crippen LogP) is 2.70. The summed E-state index contributed by atoms with van der Waals surface area (Å²) in [6, 6.07) is 6.81. The fourth-order valence-corrected chi connectivity index (χ4v) is 3.17. The summed E-state index contributed by atoms with van der Waals surface area (Å²) in [5, 5.41) is 6.69. The van der Waals surface area contributed by atoms with Gasteiger partial charge in [-0.1, -0.05) is 25.1 Å². The van der Waals surface area contributed by atoms with Crippen molar-refractivity contribution in [2.75, 3.05) is 45.2 Å². The molecule has 1 saturated heterocycles. The van der Waals surface area contributed by atoms with Crippen molar-refractivity contribution in [3.8, 4) is 5.75 Å². The molecule has 0 saturated carbocycles. The number of amides is 1. The fourth-order valence-electron chi connectivity index (χ4n) is 3.17. The van der Waals surface area contributed by atoms with Gasteiger partial charge >= 0.3 is 0 Å². The molecule has 0 radical (unpaired) electrons. The Morgan fingerprint density at radius 2 is 1.96 bits per heavy atom. The van der Waals surface area contributed by atoms with E-state index in [2.05, 4.69) is 20.3 Å². The third-order valence-corrected chi connectivity index (χ3v) is 4.84. The predicted molar refractivity (Wildman–Crippen MR) is 104 cm³/mol. The molecule has 0 aliphatic carbocycles. The third kappa shape index (κ3) is 5.30. The van der Waals surface area contributed by atoms with Gasteiger partial charge in [-0.15, -0.1) is 0 Å². The van der Waals surface area contributed by atoms with Crippen molar-refractivity contribution in [1.29, 1.82) is 0 Å². The van der Waals surface area contributed by atoms with E-state index in [-0.39, 0.29) is 23.4 Å². The molecular formula is C20H27FN4O3. The number of nitrogens with zero attached hydrogens (tertiary/aromatic N) is 3. The highest BCUT2D eigenvalue weighted by molar-refractivity contribution is 5.91. The Bertz CT molecular complexity index is 800. The van der Waals surface area contributed by atoms with Crippen LogP contribution >= 0.6 is 0 Å². The number of ether oxygens (including phenoxy) is 1. The molecule has 1 amide bonds. The van der Waals surface area contributed by atoms with Crippen LogP contribution < -0.4 is 10.1 Å². The third-order valence-electron chi connectivity index (χ3n) is 4.84. The second kappa shape index (κ2) is 9.16. The normalized spacial score (nSPS) is 15.8. The van der Waals surface area contributed by atoms with Gasteiger partial charge in [0.2, 0.25) is 11.8 Å². The Kier molecular flexibility index (Phi) is 6.64. The first-order valence-corrected chi connectivity index (χ1v) is 9.48. The monoisotopic (exact) mass is 390 g/mol. The van der Waals surface area contributed by atoms with Gasteiger partial charge in [0.1, 0.15) is 0 Å². The Labute approximate surface area is 164 Å². The van der Waals surface area contributed by atoms with Crippen LogP contribution in [0.4, 0.5) is 10.3 Å². The zero-order valence-corrected chi connectivity index (χ0v) is 16.6. The highest BCUT2D eigenvalue weighted by Gasteiger charge is 2.20. The first-order valence-electron chi connectivity index (χ1n) is 9.48. The molecule has 7 nitrogen and oxygen atoms in total. The Balaban J connectivity index is 1.43. The molecule has 1 aromatic carbocycles. The van der Waals surface area contributed by atoms with Crippen molar-refractivity contribution < 1.29 is 18.4 Å². The van der Waals surface area contributed by atoms with E-state index >= 15 is 0 Å². The van der Waals surface area contributed by atoms with Gasteiger partial charge in [0, 0.05) is 38.8 Å². The Morgan fingerprint density at radius 1 is 1.25 bits per heavy atom. The molecule has 0 unspecified atom stereocenters. The quantitative estimate of drug-likeness (QED) is 0.784. The van der Waals surface area contributed by atoms with Crippen LogP contribution in [0.5, 0.6) is 5.75 Å². The largest absolute Gasteiger partial charge is 0.494 e. The maximum Gasteiger partial charge on any atom is 0.240 e. The molecule has 2 aromatic rings. The smallest absolute Gasteiger partial charge is 0.240 e. The van der Waals surface area contributed by atoms with Crippen LogP contribution in [0.1, 0.15) is 31.0 Å². The summed E-state index contributed by atoms with van der Waals surface area (Å²) in [7, 11) is 1.46. The lowest BCUT2D eigenvalue weighted by Crippen LogP contribution is -2.48. The average Bonchev–Trinajstić information content (AvgIpc) is 3.12. The fraction of sp³-hybridized carbons (Fsp3) is 0.500. The molecule has 1 aliphatic rings. The SMILES string of the molecule is COc1ccc(CN2CCN(CC(=O)Nc3cc(C(C)C)no3)CC2)cc1F. The van der Waals surface area contributed by atoms with E-state index in [0.29, 0.717) is 19.0 Å². The van der Waals surface area contributed by atoms with Gasteiger partial charge in [0.25, 0.3) is 0 Å². The Hall–Kier alpha value is -2.45. The van der Waals surface area contributed by atoms with Gasteiger partial charge < -0.3 is 9.26 Å². The summed E-state index contributed by atoms with van der Waals surface area (Å²) >= 11 is 0. The summed E-state index contributed by atoms with van der Waals surface area (Å²) in [6.45, 7) is 8.22. The number of hydrogen-bond donors (Lipinski definition) is 1. The molecule has 3 rings (SSSR count). The highest BCUT2D eigenvalue weighted by atomic mass is 19.1. The second-order valence-corrected chi connectivity index (χ2v) is 7.34. The number of rotatable bonds is 7. The number of carbonyl (C=O) groups is 1. The molecule has 1 aliphatic heterocycles. The van der Waals surface area contributed by atoms with Crippen LogP contribution in [0.15, 0.2) is 28.8 Å². The minimum Gasteiger partial charge on any atom is -0.494 e. The summed E-state index contributed by atoms with van der Waals surface area (Å²) in [6.07, 6.45) is 0. The zero-order chi connectivity index (χ0) is 20.1. The molecule has 28 heavy (non-hydrogen) atoms. The number of hydrogen-bond acceptors (Lipinski definition) is 6. The van der Waals surface area contributed by atoms with Crippen LogP contribution in [0.2, 0.25) is 0 Å². The molecule has 0 bridgehead atoms. The van der Waals surface area contributed by atoms with E-state index in [1.54, 1.807) is 12.1 Å². The van der Waals surface area contributed by atoms with Crippen molar-refractivity contribution in [2.24, 2.45) is 0 Å². The van der Waals surface area contributed by atoms with Crippen molar-refractivity contribution in [3.63, 3.8) is 0 Å². The van der Waals surface area contributed by atoms with Crippen molar-refractivity contribution in [3.05, 3.63) is 41.3 Å². The van der Waals surface area contributed by atoms with Gasteiger partial charge in [0.05, 0.1) is 19.3 Å². The zero-order valence-electron chi connectivity index (χ0n) is 16.6. The van der Waals surface area contributed by atoms with E-state index in [4.69, 9.17) is 9.26 Å². The Morgan fingerprint density at radius 3 is 2.57 bits per heavy atom. The molecule has 152 valence electrons. The van der Waals surface area contributed by atoms with Crippen LogP contribution in [0, 0.1) is 5.82 Å². The minimum absolute atomic E-state index is 0.114. The van der Waals surface area contributed by atoms with E-state index in [1.165, 1.54) is 13.2 Å². The van der Waals surface area contributed by atoms with Gasteiger partial charge in [-0.05, 0) is 23.6 Å². The molecule has 1 N–H and O–H groups in total. The number of carbonyl (C=O) groups excluding carboxylic acids is 1. The van der Waals surface area contributed by atoms with Gasteiger partial charge in [-0.25, -0.2) is 4.39 Å². The number of piperazine rings is 1. The van der Waals surface area contributed by atoms with Gasteiger partial charge in [-0.2, -0.15) is 0 Å². The van der Waals surface area contributed by atoms with Crippen molar-refractivity contribution in [2.45, 2.75) is 26.3 Å². The first kappa shape index (κ1) is 20.3. The van der Waals surface area contributed by atoms with Gasteiger partial charge in [0.15, 0.2) is 11.6 Å². The maximum absolute atomic E-state index is 13.8. The summed E-state index contributed by atoms with van der Waals surface area (Å²) < 4.78 is 23.9. The molecular weight excluding hydrogens is 363 g/mol. The van der Waals surface area contributed by atoms with Crippen LogP contribution in [-0.4, -0.2) is 60.7 Å². The van der Waals surface area contributed by atoms with E-state index in [1.807, 2.05) is 19.9 Å². The van der Waals surface area contributed by atoms with Crippen molar-refractivity contribution >= 4 is 11.8 Å². The van der Waals surface area contributed by atoms with E-state index < -0.39 is 0 Å². The lowest BCUT2D eigenvalue weighted by molar-refractivity contribution is -0.117. The second-order valence-electron chi connectivity index (χ2n) is 7.34. The number of halogens is 1. The molecule has 0 spiro atoms. The lowest BCUT2D eigenvalue weighted by atomic mass is 10.1. The highest BCUT2D eigenvalue weighted by Crippen LogP contribution is 2.19. The minimum atomic E-state index is -0.344. The maximum atomic E-state index is 13.8. The molecule has 8 heteroatoms. The lowest BCUT2D eigenvalue weighted by Gasteiger charge is -2.34. The number of benzene rings is 1. The van der Waals surface area contributed by atoms with Crippen molar-refractivity contribution in [1.82, 2.24) is 15.0 Å². The number of aromatic nitrogens is 1.